The van der Waals surface area contributed by atoms with Gasteiger partial charge >= 0.3 is 0 Å². The second-order valence-electron chi connectivity index (χ2n) is 6.32. The van der Waals surface area contributed by atoms with E-state index < -0.39 is 5.60 Å². The summed E-state index contributed by atoms with van der Waals surface area (Å²) in [5.41, 5.74) is 0.112. The number of benzene rings is 1. The zero-order valence-electron chi connectivity index (χ0n) is 14.7. The number of hydrogen-bond acceptors (Lipinski definition) is 4. The third-order valence-electron chi connectivity index (χ3n) is 4.59. The number of nitrogens with zero attached hydrogens (tertiary/aromatic N) is 1. The second-order valence-corrected chi connectivity index (χ2v) is 6.32. The average molecular weight is 330 g/mol. The van der Waals surface area contributed by atoms with Gasteiger partial charge in [0.05, 0.1) is 17.9 Å². The molecule has 5 heteroatoms. The first kappa shape index (κ1) is 18.3. The Kier molecular flexibility index (Phi) is 6.22. The van der Waals surface area contributed by atoms with Gasteiger partial charge in [-0.05, 0) is 63.6 Å². The van der Waals surface area contributed by atoms with Crippen molar-refractivity contribution in [3.8, 4) is 11.8 Å². The van der Waals surface area contributed by atoms with E-state index in [1.54, 1.807) is 18.2 Å². The van der Waals surface area contributed by atoms with Crippen LogP contribution in [-0.2, 0) is 9.53 Å². The number of ether oxygens (including phenoxy) is 2. The first-order valence-corrected chi connectivity index (χ1v) is 8.67. The van der Waals surface area contributed by atoms with Gasteiger partial charge in [-0.25, -0.2) is 0 Å². The molecule has 1 aromatic carbocycles. The molecule has 24 heavy (non-hydrogen) atoms. The van der Waals surface area contributed by atoms with Gasteiger partial charge in [0, 0.05) is 6.61 Å². The molecule has 5 nitrogen and oxygen atoms in total. The van der Waals surface area contributed by atoms with Crippen LogP contribution in [0.3, 0.4) is 0 Å². The molecule has 1 aliphatic carbocycles. The molecule has 130 valence electrons. The molecule has 0 spiro atoms. The summed E-state index contributed by atoms with van der Waals surface area (Å²) in [7, 11) is 0. The van der Waals surface area contributed by atoms with Gasteiger partial charge in [0.25, 0.3) is 5.91 Å². The third-order valence-corrected chi connectivity index (χ3v) is 4.59. The Morgan fingerprint density at radius 3 is 2.62 bits per heavy atom. The van der Waals surface area contributed by atoms with E-state index in [1.165, 1.54) is 0 Å². The predicted octanol–water partition coefficient (Wildman–Crippen LogP) is 3.88. The van der Waals surface area contributed by atoms with Gasteiger partial charge < -0.3 is 14.8 Å². The van der Waals surface area contributed by atoms with Gasteiger partial charge in [-0.1, -0.05) is 6.92 Å². The van der Waals surface area contributed by atoms with Crippen molar-refractivity contribution >= 4 is 11.6 Å². The zero-order chi connectivity index (χ0) is 17.6. The molecule has 0 atom stereocenters. The standard InChI is InChI=1S/C19H26N2O3/c1-4-23-16-6-7-17(15(12-16)13-20)21-18(22)19(24-5-2)10-8-14(3)9-11-19/h6-7,12,14H,4-5,8-11H2,1-3H3,(H,21,22). The van der Waals surface area contributed by atoms with Crippen LogP contribution in [0.1, 0.15) is 52.0 Å². The lowest BCUT2D eigenvalue weighted by Gasteiger charge is -2.37. The minimum Gasteiger partial charge on any atom is -0.494 e. The smallest absolute Gasteiger partial charge is 0.256 e. The number of carbonyl (C=O) groups excluding carboxylic acids is 1. The first-order chi connectivity index (χ1) is 11.5. The van der Waals surface area contributed by atoms with E-state index in [-0.39, 0.29) is 5.91 Å². The Morgan fingerprint density at radius 1 is 1.33 bits per heavy atom. The summed E-state index contributed by atoms with van der Waals surface area (Å²) in [6.07, 6.45) is 3.38. The van der Waals surface area contributed by atoms with E-state index in [0.717, 1.165) is 12.8 Å². The Balaban J connectivity index is 2.19. The highest BCUT2D eigenvalue weighted by Gasteiger charge is 2.42. The van der Waals surface area contributed by atoms with Crippen molar-refractivity contribution in [2.24, 2.45) is 5.92 Å². The van der Waals surface area contributed by atoms with Crippen LogP contribution in [0.5, 0.6) is 5.75 Å². The Morgan fingerprint density at radius 2 is 2.04 bits per heavy atom. The van der Waals surface area contributed by atoms with Crippen LogP contribution in [0.2, 0.25) is 0 Å². The highest BCUT2D eigenvalue weighted by atomic mass is 16.5. The minimum atomic E-state index is -0.785. The van der Waals surface area contributed by atoms with Gasteiger partial charge in [0.2, 0.25) is 0 Å². The number of nitrogens with one attached hydrogen (secondary N) is 1. The molecule has 0 bridgehead atoms. The summed E-state index contributed by atoms with van der Waals surface area (Å²) in [5.74, 6) is 1.08. The number of rotatable bonds is 6. The molecular weight excluding hydrogens is 304 g/mol. The molecular formula is C19H26N2O3. The van der Waals surface area contributed by atoms with Crippen LogP contribution in [0.15, 0.2) is 18.2 Å². The minimum absolute atomic E-state index is 0.156. The molecule has 0 aromatic heterocycles. The lowest BCUT2D eigenvalue weighted by Crippen LogP contribution is -2.48. The third kappa shape index (κ3) is 4.07. The maximum Gasteiger partial charge on any atom is 0.256 e. The SMILES string of the molecule is CCOc1ccc(NC(=O)C2(OCC)CCC(C)CC2)c(C#N)c1. The topological polar surface area (TPSA) is 71.3 Å². The van der Waals surface area contributed by atoms with E-state index in [1.807, 2.05) is 13.8 Å². The van der Waals surface area contributed by atoms with Crippen molar-refractivity contribution in [1.82, 2.24) is 0 Å². The van der Waals surface area contributed by atoms with Crippen LogP contribution < -0.4 is 10.1 Å². The summed E-state index contributed by atoms with van der Waals surface area (Å²) < 4.78 is 11.3. The molecule has 1 aromatic rings. The molecule has 1 N–H and O–H groups in total. The molecule has 0 unspecified atom stereocenters. The molecule has 1 fully saturated rings. The fraction of sp³-hybridized carbons (Fsp3) is 0.579. The predicted molar refractivity (Wildman–Crippen MR) is 92.9 cm³/mol. The quantitative estimate of drug-likeness (QED) is 0.859. The normalized spacial score (nSPS) is 23.3. The Bertz CT molecular complexity index is 614. The molecule has 0 aliphatic heterocycles. The average Bonchev–Trinajstić information content (AvgIpc) is 2.58. The van der Waals surface area contributed by atoms with Crippen molar-refractivity contribution in [2.75, 3.05) is 18.5 Å². The number of anilines is 1. The lowest BCUT2D eigenvalue weighted by atomic mass is 9.78. The van der Waals surface area contributed by atoms with Gasteiger partial charge in [-0.3, -0.25) is 4.79 Å². The van der Waals surface area contributed by atoms with E-state index >= 15 is 0 Å². The fourth-order valence-electron chi connectivity index (χ4n) is 3.16. The van der Waals surface area contributed by atoms with Crippen LogP contribution in [-0.4, -0.2) is 24.7 Å². The van der Waals surface area contributed by atoms with Gasteiger partial charge in [-0.2, -0.15) is 5.26 Å². The van der Waals surface area contributed by atoms with E-state index in [0.29, 0.717) is 49.0 Å². The highest BCUT2D eigenvalue weighted by Crippen LogP contribution is 2.36. The van der Waals surface area contributed by atoms with Crippen LogP contribution in [0, 0.1) is 17.2 Å². The number of carbonyl (C=O) groups is 1. The molecule has 2 rings (SSSR count). The summed E-state index contributed by atoms with van der Waals surface area (Å²) in [4.78, 5) is 12.9. The zero-order valence-corrected chi connectivity index (χ0v) is 14.7. The van der Waals surface area contributed by atoms with Crippen LogP contribution in [0.25, 0.3) is 0 Å². The summed E-state index contributed by atoms with van der Waals surface area (Å²) in [6, 6.07) is 7.24. The van der Waals surface area contributed by atoms with Crippen molar-refractivity contribution in [1.29, 1.82) is 5.26 Å². The van der Waals surface area contributed by atoms with Crippen LogP contribution in [0.4, 0.5) is 5.69 Å². The summed E-state index contributed by atoms with van der Waals surface area (Å²) in [5, 5.41) is 12.2. The number of amides is 1. The van der Waals surface area contributed by atoms with Gasteiger partial charge in [-0.15, -0.1) is 0 Å². The highest BCUT2D eigenvalue weighted by molar-refractivity contribution is 5.98. The molecule has 1 amide bonds. The lowest BCUT2D eigenvalue weighted by molar-refractivity contribution is -0.146. The number of hydrogen-bond donors (Lipinski definition) is 1. The maximum absolute atomic E-state index is 12.9. The van der Waals surface area contributed by atoms with Crippen molar-refractivity contribution < 1.29 is 14.3 Å². The fourth-order valence-corrected chi connectivity index (χ4v) is 3.16. The second kappa shape index (κ2) is 8.16. The molecule has 0 heterocycles. The van der Waals surface area contributed by atoms with Gasteiger partial charge in [0.1, 0.15) is 17.4 Å². The number of nitriles is 1. The Hall–Kier alpha value is -2.06. The van der Waals surface area contributed by atoms with Crippen molar-refractivity contribution in [3.63, 3.8) is 0 Å². The molecule has 1 aliphatic rings. The van der Waals surface area contributed by atoms with E-state index in [2.05, 4.69) is 18.3 Å². The largest absolute Gasteiger partial charge is 0.494 e. The van der Waals surface area contributed by atoms with E-state index in [9.17, 15) is 10.1 Å². The van der Waals surface area contributed by atoms with Gasteiger partial charge in [0.15, 0.2) is 0 Å². The van der Waals surface area contributed by atoms with Crippen molar-refractivity contribution in [3.05, 3.63) is 23.8 Å². The summed E-state index contributed by atoms with van der Waals surface area (Å²) in [6.45, 7) is 7.02. The monoisotopic (exact) mass is 330 g/mol. The Labute approximate surface area is 144 Å². The molecule has 1 saturated carbocycles. The maximum atomic E-state index is 12.9. The molecule has 0 radical (unpaired) electrons. The first-order valence-electron chi connectivity index (χ1n) is 8.67. The van der Waals surface area contributed by atoms with Crippen LogP contribution >= 0.6 is 0 Å². The van der Waals surface area contributed by atoms with E-state index in [4.69, 9.17) is 9.47 Å². The van der Waals surface area contributed by atoms with Crippen molar-refractivity contribution in [2.45, 2.75) is 52.1 Å². The molecule has 0 saturated heterocycles. The summed E-state index contributed by atoms with van der Waals surface area (Å²) >= 11 is 0.